The Hall–Kier alpha value is -1.42. The second-order valence-corrected chi connectivity index (χ2v) is 6.78. The first kappa shape index (κ1) is 13.6. The second kappa shape index (κ2) is 4.85. The summed E-state index contributed by atoms with van der Waals surface area (Å²) in [6.45, 7) is 5.02. The number of aromatic nitrogens is 1. The molecule has 3 rings (SSSR count). The molecule has 2 aliphatic rings. The molecule has 1 N–H and O–H groups in total. The van der Waals surface area contributed by atoms with E-state index in [2.05, 4.69) is 18.8 Å². The largest absolute Gasteiger partial charge is 0.383 e. The van der Waals surface area contributed by atoms with Gasteiger partial charge in [-0.25, -0.2) is 0 Å². The van der Waals surface area contributed by atoms with Crippen LogP contribution in [0.5, 0.6) is 0 Å². The van der Waals surface area contributed by atoms with Gasteiger partial charge in [0.15, 0.2) is 0 Å². The molecule has 1 saturated carbocycles. The van der Waals surface area contributed by atoms with Crippen LogP contribution in [0.1, 0.15) is 44.7 Å². The van der Waals surface area contributed by atoms with Gasteiger partial charge in [-0.1, -0.05) is 26.3 Å². The molecule has 108 valence electrons. The Morgan fingerprint density at radius 1 is 1.50 bits per heavy atom. The maximum atomic E-state index is 12.5. The lowest BCUT2D eigenvalue weighted by Crippen LogP contribution is -2.61. The van der Waals surface area contributed by atoms with Crippen molar-refractivity contribution >= 4 is 5.91 Å². The summed E-state index contributed by atoms with van der Waals surface area (Å²) in [6.07, 6.45) is 5.82. The van der Waals surface area contributed by atoms with E-state index >= 15 is 0 Å². The topological polar surface area (TPSA) is 53.4 Å². The summed E-state index contributed by atoms with van der Waals surface area (Å²) in [5.74, 6) is 0.0589. The van der Waals surface area contributed by atoms with Crippen molar-refractivity contribution in [3.8, 4) is 0 Å². The number of rotatable bonds is 3. The van der Waals surface area contributed by atoms with Crippen LogP contribution < -0.4 is 0 Å². The highest BCUT2D eigenvalue weighted by atomic mass is 16.3. The molecule has 0 spiro atoms. The second-order valence-electron chi connectivity index (χ2n) is 6.78. The number of likely N-dealkylation sites (tertiary alicyclic amines) is 1. The molecule has 1 amide bonds. The maximum absolute atomic E-state index is 12.5. The fourth-order valence-electron chi connectivity index (χ4n) is 3.43. The lowest BCUT2D eigenvalue weighted by molar-refractivity contribution is -0.166. The van der Waals surface area contributed by atoms with Crippen molar-refractivity contribution in [3.05, 3.63) is 30.1 Å². The van der Waals surface area contributed by atoms with Crippen LogP contribution in [-0.2, 0) is 4.79 Å². The van der Waals surface area contributed by atoms with E-state index < -0.39 is 6.10 Å². The van der Waals surface area contributed by atoms with Crippen LogP contribution in [-0.4, -0.2) is 33.5 Å². The number of aliphatic hydroxyl groups excluding tert-OH is 1. The Morgan fingerprint density at radius 3 is 2.75 bits per heavy atom. The Labute approximate surface area is 119 Å². The van der Waals surface area contributed by atoms with Crippen LogP contribution in [0.3, 0.4) is 0 Å². The standard InChI is InChI=1S/C16H22N2O2/c1-16(2)10-18(14(16)12-7-4-8-17-9-12)15(20)13(19)11-5-3-6-11/h4,7-9,11,13-14,19H,3,5-6,10H2,1-2H3. The van der Waals surface area contributed by atoms with E-state index in [0.717, 1.165) is 24.8 Å². The van der Waals surface area contributed by atoms with Crippen molar-refractivity contribution < 1.29 is 9.90 Å². The van der Waals surface area contributed by atoms with Gasteiger partial charge in [0.2, 0.25) is 0 Å². The Morgan fingerprint density at radius 2 is 2.25 bits per heavy atom. The Bertz CT molecular complexity index is 496. The summed E-state index contributed by atoms with van der Waals surface area (Å²) in [4.78, 5) is 18.5. The average molecular weight is 274 g/mol. The van der Waals surface area contributed by atoms with Crippen molar-refractivity contribution in [2.75, 3.05) is 6.54 Å². The van der Waals surface area contributed by atoms with Gasteiger partial charge < -0.3 is 10.0 Å². The number of carbonyl (C=O) groups excluding carboxylic acids is 1. The van der Waals surface area contributed by atoms with Gasteiger partial charge in [-0.15, -0.1) is 0 Å². The molecule has 0 aromatic carbocycles. The first-order chi connectivity index (χ1) is 9.50. The minimum atomic E-state index is -0.820. The van der Waals surface area contributed by atoms with E-state index in [1.165, 1.54) is 0 Å². The zero-order valence-corrected chi connectivity index (χ0v) is 12.1. The lowest BCUT2D eigenvalue weighted by atomic mass is 9.71. The molecule has 1 aromatic heterocycles. The molecule has 1 aliphatic heterocycles. The molecule has 2 atom stereocenters. The zero-order chi connectivity index (χ0) is 14.3. The first-order valence-electron chi connectivity index (χ1n) is 7.39. The highest BCUT2D eigenvalue weighted by Gasteiger charge is 2.51. The quantitative estimate of drug-likeness (QED) is 0.919. The van der Waals surface area contributed by atoms with E-state index in [1.807, 2.05) is 23.2 Å². The van der Waals surface area contributed by atoms with E-state index in [4.69, 9.17) is 0 Å². The summed E-state index contributed by atoms with van der Waals surface area (Å²) < 4.78 is 0. The van der Waals surface area contributed by atoms with Crippen LogP contribution in [0.2, 0.25) is 0 Å². The maximum Gasteiger partial charge on any atom is 0.252 e. The van der Waals surface area contributed by atoms with Crippen LogP contribution in [0.25, 0.3) is 0 Å². The smallest absolute Gasteiger partial charge is 0.252 e. The van der Waals surface area contributed by atoms with Crippen molar-refractivity contribution in [3.63, 3.8) is 0 Å². The van der Waals surface area contributed by atoms with Crippen LogP contribution in [0, 0.1) is 11.3 Å². The molecule has 1 aliphatic carbocycles. The average Bonchev–Trinajstić information content (AvgIpc) is 2.34. The molecule has 0 radical (unpaired) electrons. The highest BCUT2D eigenvalue weighted by Crippen LogP contribution is 2.48. The summed E-state index contributed by atoms with van der Waals surface area (Å²) >= 11 is 0. The number of hydrogen-bond acceptors (Lipinski definition) is 3. The predicted octanol–water partition coefficient (Wildman–Crippen LogP) is 2.15. The molecule has 0 bridgehead atoms. The van der Waals surface area contributed by atoms with Gasteiger partial charge in [0.25, 0.3) is 5.91 Å². The molecule has 1 aromatic rings. The molecule has 2 unspecified atom stereocenters. The number of nitrogens with zero attached hydrogens (tertiary/aromatic N) is 2. The summed E-state index contributed by atoms with van der Waals surface area (Å²) in [5.41, 5.74) is 1.09. The monoisotopic (exact) mass is 274 g/mol. The zero-order valence-electron chi connectivity index (χ0n) is 12.1. The number of carbonyl (C=O) groups is 1. The van der Waals surface area contributed by atoms with Gasteiger partial charge in [-0.3, -0.25) is 9.78 Å². The van der Waals surface area contributed by atoms with E-state index in [9.17, 15) is 9.90 Å². The lowest BCUT2D eigenvalue weighted by Gasteiger charge is -2.55. The van der Waals surface area contributed by atoms with Gasteiger partial charge in [0, 0.05) is 24.4 Å². The van der Waals surface area contributed by atoms with Gasteiger partial charge in [-0.2, -0.15) is 0 Å². The van der Waals surface area contributed by atoms with Gasteiger partial charge in [0.1, 0.15) is 6.10 Å². The van der Waals surface area contributed by atoms with Crippen LogP contribution >= 0.6 is 0 Å². The molecule has 1 saturated heterocycles. The third kappa shape index (κ3) is 2.12. The molecular weight excluding hydrogens is 252 g/mol. The van der Waals surface area contributed by atoms with E-state index in [1.54, 1.807) is 6.20 Å². The summed E-state index contributed by atoms with van der Waals surface area (Å²) in [7, 11) is 0. The fraction of sp³-hybridized carbons (Fsp3) is 0.625. The molecule has 4 heteroatoms. The van der Waals surface area contributed by atoms with Gasteiger partial charge in [-0.05, 0) is 30.4 Å². The Balaban J connectivity index is 1.78. The number of pyridine rings is 1. The fourth-order valence-corrected chi connectivity index (χ4v) is 3.43. The van der Waals surface area contributed by atoms with Crippen molar-refractivity contribution in [1.82, 2.24) is 9.88 Å². The summed E-state index contributed by atoms with van der Waals surface area (Å²) in [5, 5.41) is 10.2. The van der Waals surface area contributed by atoms with Crippen molar-refractivity contribution in [2.24, 2.45) is 11.3 Å². The third-order valence-electron chi connectivity index (χ3n) is 4.76. The molecule has 2 fully saturated rings. The van der Waals surface area contributed by atoms with Crippen LogP contribution in [0.15, 0.2) is 24.5 Å². The molecule has 2 heterocycles. The highest BCUT2D eigenvalue weighted by molar-refractivity contribution is 5.82. The number of amides is 1. The SMILES string of the molecule is CC1(C)CN(C(=O)C(O)C2CCC2)C1c1cccnc1. The summed E-state index contributed by atoms with van der Waals surface area (Å²) in [6, 6.07) is 3.93. The minimum Gasteiger partial charge on any atom is -0.383 e. The third-order valence-corrected chi connectivity index (χ3v) is 4.76. The van der Waals surface area contributed by atoms with Crippen molar-refractivity contribution in [1.29, 1.82) is 0 Å². The minimum absolute atomic E-state index is 0.0263. The van der Waals surface area contributed by atoms with E-state index in [-0.39, 0.29) is 23.3 Å². The normalized spacial score (nSPS) is 26.6. The van der Waals surface area contributed by atoms with Gasteiger partial charge in [0.05, 0.1) is 6.04 Å². The molecule has 20 heavy (non-hydrogen) atoms. The predicted molar refractivity (Wildman–Crippen MR) is 75.8 cm³/mol. The molecular formula is C16H22N2O2. The van der Waals surface area contributed by atoms with Crippen LogP contribution in [0.4, 0.5) is 0 Å². The van der Waals surface area contributed by atoms with E-state index in [0.29, 0.717) is 6.54 Å². The Kier molecular flexibility index (Phi) is 3.28. The molecule has 4 nitrogen and oxygen atoms in total. The van der Waals surface area contributed by atoms with Gasteiger partial charge >= 0.3 is 0 Å². The number of aliphatic hydroxyl groups is 1. The van der Waals surface area contributed by atoms with Crippen molar-refractivity contribution in [2.45, 2.75) is 45.3 Å². The number of hydrogen-bond donors (Lipinski definition) is 1. The first-order valence-corrected chi connectivity index (χ1v) is 7.39.